The normalized spacial score (nSPS) is 14.0. The summed E-state index contributed by atoms with van der Waals surface area (Å²) in [5, 5.41) is 11.9. The number of aryl methyl sites for hydroxylation is 1. The summed E-state index contributed by atoms with van der Waals surface area (Å²) >= 11 is 3.46. The van der Waals surface area contributed by atoms with Gasteiger partial charge in [-0.2, -0.15) is 0 Å². The number of benzene rings is 1. The minimum Gasteiger partial charge on any atom is -0.349 e. The van der Waals surface area contributed by atoms with Crippen molar-refractivity contribution in [2.24, 2.45) is 4.99 Å². The van der Waals surface area contributed by atoms with Gasteiger partial charge in [-0.15, -0.1) is 10.2 Å². The average molecular weight is 377 g/mol. The van der Waals surface area contributed by atoms with Crippen molar-refractivity contribution in [3.8, 4) is 0 Å². The Morgan fingerprint density at radius 1 is 1.35 bits per heavy atom. The van der Waals surface area contributed by atoms with Crippen molar-refractivity contribution >= 4 is 21.9 Å². The third kappa shape index (κ3) is 3.72. The van der Waals surface area contributed by atoms with E-state index in [0.717, 1.165) is 48.0 Å². The Kier molecular flexibility index (Phi) is 4.95. The number of hydrogen-bond donors (Lipinski definition) is 1. The van der Waals surface area contributed by atoms with Crippen LogP contribution in [0.15, 0.2) is 33.7 Å². The van der Waals surface area contributed by atoms with E-state index >= 15 is 0 Å². The minimum absolute atomic E-state index is 0.643. The first-order chi connectivity index (χ1) is 11.2. The summed E-state index contributed by atoms with van der Waals surface area (Å²) in [6, 6.07) is 8.33. The molecule has 0 fully saturated rings. The number of aliphatic imine (C=N–C) groups is 1. The molecule has 122 valence electrons. The lowest BCUT2D eigenvalue weighted by Crippen LogP contribution is -2.38. The van der Waals surface area contributed by atoms with E-state index in [9.17, 15) is 0 Å². The van der Waals surface area contributed by atoms with Gasteiger partial charge < -0.3 is 14.8 Å². The summed E-state index contributed by atoms with van der Waals surface area (Å²) in [4.78, 5) is 6.46. The van der Waals surface area contributed by atoms with Gasteiger partial charge in [0.15, 0.2) is 11.8 Å². The molecule has 1 aromatic heterocycles. The Labute approximate surface area is 144 Å². The second-order valence-corrected chi connectivity index (χ2v) is 6.59. The van der Waals surface area contributed by atoms with Gasteiger partial charge in [0.05, 0.1) is 6.54 Å². The first-order valence-electron chi connectivity index (χ1n) is 7.74. The van der Waals surface area contributed by atoms with Crippen molar-refractivity contribution in [1.29, 1.82) is 0 Å². The maximum absolute atomic E-state index is 4.36. The highest BCUT2D eigenvalue weighted by Crippen LogP contribution is 2.14. The highest BCUT2D eigenvalue weighted by Gasteiger charge is 2.17. The fourth-order valence-corrected chi connectivity index (χ4v) is 3.09. The summed E-state index contributed by atoms with van der Waals surface area (Å²) in [6.45, 7) is 2.46. The maximum atomic E-state index is 4.36. The first-order valence-corrected chi connectivity index (χ1v) is 8.54. The topological polar surface area (TPSA) is 58.3 Å². The lowest BCUT2D eigenvalue weighted by atomic mass is 10.2. The number of aromatic nitrogens is 3. The van der Waals surface area contributed by atoms with Crippen LogP contribution in [0.2, 0.25) is 0 Å². The van der Waals surface area contributed by atoms with Gasteiger partial charge >= 0.3 is 0 Å². The largest absolute Gasteiger partial charge is 0.349 e. The van der Waals surface area contributed by atoms with Gasteiger partial charge in [-0.25, -0.2) is 0 Å². The van der Waals surface area contributed by atoms with Crippen LogP contribution in [0.4, 0.5) is 0 Å². The maximum Gasteiger partial charge on any atom is 0.194 e. The van der Waals surface area contributed by atoms with Crippen LogP contribution in [0, 0.1) is 0 Å². The number of nitrogens with zero attached hydrogens (tertiary/aromatic N) is 5. The van der Waals surface area contributed by atoms with E-state index in [0.29, 0.717) is 6.54 Å². The summed E-state index contributed by atoms with van der Waals surface area (Å²) in [7, 11) is 3.83. The second kappa shape index (κ2) is 7.12. The van der Waals surface area contributed by atoms with Gasteiger partial charge in [0, 0.05) is 38.1 Å². The van der Waals surface area contributed by atoms with Gasteiger partial charge in [-0.05, 0) is 24.1 Å². The molecule has 1 aliphatic rings. The van der Waals surface area contributed by atoms with Gasteiger partial charge in [0.25, 0.3) is 0 Å². The van der Waals surface area contributed by atoms with Crippen molar-refractivity contribution in [3.05, 3.63) is 46.0 Å². The Balaban J connectivity index is 1.59. The molecule has 0 saturated carbocycles. The molecule has 0 aliphatic carbocycles. The minimum atomic E-state index is 0.643. The van der Waals surface area contributed by atoms with Crippen LogP contribution in [-0.2, 0) is 26.1 Å². The van der Waals surface area contributed by atoms with E-state index in [4.69, 9.17) is 0 Å². The first kappa shape index (κ1) is 16.0. The fourth-order valence-electron chi connectivity index (χ4n) is 2.82. The van der Waals surface area contributed by atoms with Crippen molar-refractivity contribution in [2.45, 2.75) is 32.5 Å². The van der Waals surface area contributed by atoms with E-state index < -0.39 is 0 Å². The SMILES string of the molecule is CN=C(NCc1nnc2n1CCC2)N(C)Cc1ccc(Br)cc1. The molecule has 3 rings (SSSR count). The molecule has 1 aromatic carbocycles. The van der Waals surface area contributed by atoms with Crippen molar-refractivity contribution in [3.63, 3.8) is 0 Å². The predicted molar refractivity (Wildman–Crippen MR) is 94.2 cm³/mol. The molecule has 0 saturated heterocycles. The number of hydrogen-bond acceptors (Lipinski definition) is 3. The molecule has 1 aliphatic heterocycles. The van der Waals surface area contributed by atoms with Crippen LogP contribution in [-0.4, -0.2) is 39.7 Å². The van der Waals surface area contributed by atoms with Gasteiger partial charge in [-0.1, -0.05) is 28.1 Å². The Bertz CT molecular complexity index is 691. The zero-order valence-electron chi connectivity index (χ0n) is 13.5. The van der Waals surface area contributed by atoms with Crippen LogP contribution in [0.3, 0.4) is 0 Å². The molecule has 0 spiro atoms. The predicted octanol–water partition coefficient (Wildman–Crippen LogP) is 2.19. The van der Waals surface area contributed by atoms with Crippen LogP contribution in [0.25, 0.3) is 0 Å². The quantitative estimate of drug-likeness (QED) is 0.656. The Morgan fingerprint density at radius 3 is 2.87 bits per heavy atom. The van der Waals surface area contributed by atoms with Gasteiger partial charge in [-0.3, -0.25) is 4.99 Å². The fraction of sp³-hybridized carbons (Fsp3) is 0.438. The summed E-state index contributed by atoms with van der Waals surface area (Å²) in [5.41, 5.74) is 1.24. The van der Waals surface area contributed by atoms with Gasteiger partial charge in [0.2, 0.25) is 0 Å². The standard InChI is InChI=1S/C16H21BrN6/c1-18-16(22(2)11-12-5-7-13(17)8-6-12)19-10-15-21-20-14-4-3-9-23(14)15/h5-8H,3-4,9-11H2,1-2H3,(H,18,19). The molecule has 7 heteroatoms. The van der Waals surface area contributed by atoms with E-state index in [1.807, 2.05) is 7.05 Å². The van der Waals surface area contributed by atoms with Crippen LogP contribution in [0.1, 0.15) is 23.6 Å². The van der Waals surface area contributed by atoms with Gasteiger partial charge in [0.1, 0.15) is 5.82 Å². The molecular weight excluding hydrogens is 356 g/mol. The zero-order chi connectivity index (χ0) is 16.2. The molecule has 0 bridgehead atoms. The number of halogens is 1. The van der Waals surface area contributed by atoms with Crippen LogP contribution >= 0.6 is 15.9 Å². The number of fused-ring (bicyclic) bond motifs is 1. The molecule has 2 aromatic rings. The van der Waals surface area contributed by atoms with Crippen LogP contribution in [0.5, 0.6) is 0 Å². The molecule has 0 atom stereocenters. The molecule has 0 radical (unpaired) electrons. The summed E-state index contributed by atoms with van der Waals surface area (Å²) in [5.74, 6) is 2.93. The van der Waals surface area contributed by atoms with E-state index in [-0.39, 0.29) is 0 Å². The summed E-state index contributed by atoms with van der Waals surface area (Å²) < 4.78 is 3.29. The van der Waals surface area contributed by atoms with E-state index in [2.05, 4.69) is 70.2 Å². The molecular formula is C16H21BrN6. The molecule has 0 unspecified atom stereocenters. The molecule has 1 N–H and O–H groups in total. The Morgan fingerprint density at radius 2 is 2.13 bits per heavy atom. The number of guanidine groups is 1. The van der Waals surface area contributed by atoms with Crippen molar-refractivity contribution in [1.82, 2.24) is 25.0 Å². The highest BCUT2D eigenvalue weighted by atomic mass is 79.9. The van der Waals surface area contributed by atoms with Crippen molar-refractivity contribution < 1.29 is 0 Å². The van der Waals surface area contributed by atoms with E-state index in [1.165, 1.54) is 5.56 Å². The molecule has 6 nitrogen and oxygen atoms in total. The molecule has 23 heavy (non-hydrogen) atoms. The molecule has 2 heterocycles. The third-order valence-electron chi connectivity index (χ3n) is 4.00. The second-order valence-electron chi connectivity index (χ2n) is 5.67. The number of nitrogens with one attached hydrogen (secondary N) is 1. The highest BCUT2D eigenvalue weighted by molar-refractivity contribution is 9.10. The summed E-state index contributed by atoms with van der Waals surface area (Å²) in [6.07, 6.45) is 2.20. The zero-order valence-corrected chi connectivity index (χ0v) is 15.0. The Hall–Kier alpha value is -1.89. The monoisotopic (exact) mass is 376 g/mol. The number of rotatable bonds is 4. The lowest BCUT2D eigenvalue weighted by Gasteiger charge is -2.22. The smallest absolute Gasteiger partial charge is 0.194 e. The van der Waals surface area contributed by atoms with Crippen molar-refractivity contribution in [2.75, 3.05) is 14.1 Å². The third-order valence-corrected chi connectivity index (χ3v) is 4.53. The average Bonchev–Trinajstić information content (AvgIpc) is 3.14. The van der Waals surface area contributed by atoms with Crippen LogP contribution < -0.4 is 5.32 Å². The molecule has 0 amide bonds. The lowest BCUT2D eigenvalue weighted by molar-refractivity contribution is 0.474. The van der Waals surface area contributed by atoms with E-state index in [1.54, 1.807) is 7.05 Å².